The van der Waals surface area contributed by atoms with Gasteiger partial charge in [-0.1, -0.05) is 30.3 Å². The van der Waals surface area contributed by atoms with Gasteiger partial charge in [0.15, 0.2) is 12.4 Å². The number of hydrogen-bond donors (Lipinski definition) is 2. The topological polar surface area (TPSA) is 120 Å². The second-order valence-corrected chi connectivity index (χ2v) is 5.95. The van der Waals surface area contributed by atoms with Crippen molar-refractivity contribution in [1.82, 2.24) is 5.32 Å². The lowest BCUT2D eigenvalue weighted by atomic mass is 10.1. The smallest absolute Gasteiger partial charge is 0.407 e. The number of phenolic OH excluding ortho intramolecular Hbond substituents is 1. The minimum absolute atomic E-state index is 0.0262. The summed E-state index contributed by atoms with van der Waals surface area (Å²) < 4.78 is 20.2. The number of alkyl carbamates (subject to hydrolysis) is 1. The molecular weight excluding hydrogens is 394 g/mol. The highest BCUT2D eigenvalue weighted by Crippen LogP contribution is 2.33. The van der Waals surface area contributed by atoms with Crippen molar-refractivity contribution in [2.75, 3.05) is 26.9 Å². The van der Waals surface area contributed by atoms with E-state index in [9.17, 15) is 19.5 Å². The lowest BCUT2D eigenvalue weighted by molar-refractivity contribution is -0.145. The van der Waals surface area contributed by atoms with Gasteiger partial charge in [-0.25, -0.2) is 9.59 Å². The fraction of sp³-hybridized carbons (Fsp3) is 0.286. The number of ketones is 1. The largest absolute Gasteiger partial charge is 0.507 e. The molecule has 0 unspecified atom stereocenters. The van der Waals surface area contributed by atoms with Gasteiger partial charge in [0, 0.05) is 12.1 Å². The molecule has 9 heteroatoms. The van der Waals surface area contributed by atoms with Crippen LogP contribution in [0.4, 0.5) is 4.79 Å². The Morgan fingerprint density at radius 1 is 1.07 bits per heavy atom. The fourth-order valence-corrected chi connectivity index (χ4v) is 2.46. The van der Waals surface area contributed by atoms with E-state index >= 15 is 0 Å². The van der Waals surface area contributed by atoms with Crippen molar-refractivity contribution in [3.63, 3.8) is 0 Å². The average molecular weight is 417 g/mol. The third kappa shape index (κ3) is 6.69. The summed E-state index contributed by atoms with van der Waals surface area (Å²) in [5, 5.41) is 12.5. The number of nitrogens with one attached hydrogen (secondary N) is 1. The summed E-state index contributed by atoms with van der Waals surface area (Å²) in [6, 6.07) is 11.6. The predicted octanol–water partition coefficient (Wildman–Crippen LogP) is 2.45. The van der Waals surface area contributed by atoms with E-state index in [1.54, 1.807) is 19.1 Å². The van der Waals surface area contributed by atoms with Gasteiger partial charge < -0.3 is 29.4 Å². The number of hydrogen-bond acceptors (Lipinski definition) is 8. The summed E-state index contributed by atoms with van der Waals surface area (Å²) >= 11 is 0. The molecule has 0 fully saturated rings. The van der Waals surface area contributed by atoms with E-state index in [1.165, 1.54) is 19.2 Å². The van der Waals surface area contributed by atoms with Crippen LogP contribution >= 0.6 is 0 Å². The van der Waals surface area contributed by atoms with Gasteiger partial charge in [-0.15, -0.1) is 0 Å². The van der Waals surface area contributed by atoms with Crippen LogP contribution in [0.5, 0.6) is 17.2 Å². The van der Waals surface area contributed by atoms with Gasteiger partial charge in [-0.2, -0.15) is 0 Å². The van der Waals surface area contributed by atoms with Crippen LogP contribution in [-0.2, 0) is 20.9 Å². The molecule has 2 aromatic carbocycles. The molecule has 0 saturated carbocycles. The number of esters is 1. The molecule has 2 aromatic rings. The van der Waals surface area contributed by atoms with Gasteiger partial charge in [0.1, 0.15) is 29.4 Å². The second kappa shape index (κ2) is 11.3. The highest BCUT2D eigenvalue weighted by Gasteiger charge is 2.20. The van der Waals surface area contributed by atoms with Gasteiger partial charge in [0.05, 0.1) is 20.3 Å². The number of methoxy groups -OCH3 is 1. The standard InChI is InChI=1S/C21H23NO8/c1-3-28-19(25)13-29-15-9-16(23)20(18(10-15)27-2)17(24)11-22-21(26)30-12-14-7-5-4-6-8-14/h4-10,23H,3,11-13H2,1-2H3,(H,22,26). The number of benzene rings is 2. The van der Waals surface area contributed by atoms with Crippen LogP contribution in [0.2, 0.25) is 0 Å². The molecule has 0 aromatic heterocycles. The first-order valence-electron chi connectivity index (χ1n) is 9.11. The highest BCUT2D eigenvalue weighted by molar-refractivity contribution is 6.03. The van der Waals surface area contributed by atoms with Crippen LogP contribution in [0, 0.1) is 0 Å². The van der Waals surface area contributed by atoms with E-state index < -0.39 is 30.1 Å². The molecule has 0 spiro atoms. The van der Waals surface area contributed by atoms with Crippen LogP contribution in [0.15, 0.2) is 42.5 Å². The van der Waals surface area contributed by atoms with Crippen molar-refractivity contribution in [2.24, 2.45) is 0 Å². The summed E-state index contributed by atoms with van der Waals surface area (Å²) in [4.78, 5) is 35.6. The number of Topliss-reactive ketones (excluding diaryl/α,β-unsaturated/α-hetero) is 1. The van der Waals surface area contributed by atoms with Crippen molar-refractivity contribution in [1.29, 1.82) is 0 Å². The maximum atomic E-state index is 12.5. The van der Waals surface area contributed by atoms with Crippen molar-refractivity contribution >= 4 is 17.8 Å². The van der Waals surface area contributed by atoms with Gasteiger partial charge >= 0.3 is 12.1 Å². The summed E-state index contributed by atoms with van der Waals surface area (Å²) in [6.07, 6.45) is -0.778. The molecule has 1 amide bonds. The number of aromatic hydroxyl groups is 1. The Labute approximate surface area is 173 Å². The molecule has 0 heterocycles. The number of carbonyl (C=O) groups excluding carboxylic acids is 3. The van der Waals surface area contributed by atoms with Crippen LogP contribution in [0.1, 0.15) is 22.8 Å². The highest BCUT2D eigenvalue weighted by atomic mass is 16.6. The zero-order valence-corrected chi connectivity index (χ0v) is 16.7. The van der Waals surface area contributed by atoms with Gasteiger partial charge in [0.25, 0.3) is 0 Å². The first kappa shape index (κ1) is 22.5. The predicted molar refractivity (Wildman–Crippen MR) is 106 cm³/mol. The SMILES string of the molecule is CCOC(=O)COc1cc(O)c(C(=O)CNC(=O)OCc2ccccc2)c(OC)c1. The minimum Gasteiger partial charge on any atom is -0.507 e. The number of amides is 1. The third-order valence-corrected chi connectivity index (χ3v) is 3.82. The molecule has 0 radical (unpaired) electrons. The monoisotopic (exact) mass is 417 g/mol. The van der Waals surface area contributed by atoms with Gasteiger partial charge in [-0.3, -0.25) is 4.79 Å². The Morgan fingerprint density at radius 2 is 1.80 bits per heavy atom. The molecule has 160 valence electrons. The first-order valence-corrected chi connectivity index (χ1v) is 9.11. The maximum absolute atomic E-state index is 12.5. The number of rotatable bonds is 10. The molecule has 0 saturated heterocycles. The minimum atomic E-state index is -0.778. The van der Waals surface area contributed by atoms with Crippen molar-refractivity contribution in [2.45, 2.75) is 13.5 Å². The Morgan fingerprint density at radius 3 is 2.47 bits per heavy atom. The van der Waals surface area contributed by atoms with E-state index in [0.29, 0.717) is 0 Å². The zero-order valence-electron chi connectivity index (χ0n) is 16.7. The molecule has 0 aliphatic rings. The summed E-state index contributed by atoms with van der Waals surface area (Å²) in [5.41, 5.74) is 0.668. The van der Waals surface area contributed by atoms with E-state index in [2.05, 4.69) is 5.32 Å². The molecule has 9 nitrogen and oxygen atoms in total. The molecule has 0 aliphatic carbocycles. The van der Waals surface area contributed by atoms with E-state index in [4.69, 9.17) is 18.9 Å². The fourth-order valence-electron chi connectivity index (χ4n) is 2.46. The molecule has 2 rings (SSSR count). The van der Waals surface area contributed by atoms with E-state index in [1.807, 2.05) is 18.2 Å². The van der Waals surface area contributed by atoms with Gasteiger partial charge in [-0.05, 0) is 12.5 Å². The van der Waals surface area contributed by atoms with Crippen molar-refractivity contribution < 1.29 is 38.4 Å². The Bertz CT molecular complexity index is 882. The average Bonchev–Trinajstić information content (AvgIpc) is 2.75. The van der Waals surface area contributed by atoms with Crippen molar-refractivity contribution in [3.8, 4) is 17.2 Å². The molecular formula is C21H23NO8. The third-order valence-electron chi connectivity index (χ3n) is 3.82. The molecule has 30 heavy (non-hydrogen) atoms. The molecule has 0 bridgehead atoms. The quantitative estimate of drug-likeness (QED) is 0.447. The van der Waals surface area contributed by atoms with Crippen molar-refractivity contribution in [3.05, 3.63) is 53.6 Å². The van der Waals surface area contributed by atoms with Crippen LogP contribution in [-0.4, -0.2) is 49.8 Å². The number of carbonyl (C=O) groups is 3. The number of phenols is 1. The number of ether oxygens (including phenoxy) is 4. The lowest BCUT2D eigenvalue weighted by Gasteiger charge is -2.13. The van der Waals surface area contributed by atoms with Crippen LogP contribution in [0.25, 0.3) is 0 Å². The van der Waals surface area contributed by atoms with Gasteiger partial charge in [0.2, 0.25) is 0 Å². The second-order valence-electron chi connectivity index (χ2n) is 5.95. The summed E-state index contributed by atoms with van der Waals surface area (Å²) in [6.45, 7) is 1.16. The normalized spacial score (nSPS) is 10.1. The summed E-state index contributed by atoms with van der Waals surface area (Å²) in [7, 11) is 1.31. The maximum Gasteiger partial charge on any atom is 0.407 e. The zero-order chi connectivity index (χ0) is 21.9. The van der Waals surface area contributed by atoms with E-state index in [-0.39, 0.29) is 36.9 Å². The summed E-state index contributed by atoms with van der Waals surface area (Å²) in [5.74, 6) is -1.45. The Balaban J connectivity index is 1.95. The molecule has 0 atom stereocenters. The lowest BCUT2D eigenvalue weighted by Crippen LogP contribution is -2.30. The Hall–Kier alpha value is -3.75. The van der Waals surface area contributed by atoms with Crippen LogP contribution in [0.3, 0.4) is 0 Å². The first-order chi connectivity index (χ1) is 14.4. The molecule has 2 N–H and O–H groups in total. The van der Waals surface area contributed by atoms with Crippen LogP contribution < -0.4 is 14.8 Å². The van der Waals surface area contributed by atoms with E-state index in [0.717, 1.165) is 5.56 Å². The molecule has 0 aliphatic heterocycles. The Kier molecular flexibility index (Phi) is 8.49.